The molecule has 0 spiro atoms. The molecule has 1 aromatic heterocycles. The Balaban J connectivity index is 2.19. The summed E-state index contributed by atoms with van der Waals surface area (Å²) < 4.78 is 15.6. The molecule has 1 aromatic carbocycles. The normalized spacial score (nSPS) is 12.7. The van der Waals surface area contributed by atoms with Crippen LogP contribution in [0.15, 0.2) is 30.6 Å². The van der Waals surface area contributed by atoms with Crippen molar-refractivity contribution in [3.8, 4) is 0 Å². The minimum absolute atomic E-state index is 0.241. The van der Waals surface area contributed by atoms with E-state index < -0.39 is 11.9 Å². The number of aryl methyl sites for hydroxylation is 1. The maximum absolute atomic E-state index is 13.6. The maximum atomic E-state index is 13.6. The Bertz CT molecular complexity index is 542. The van der Waals surface area contributed by atoms with E-state index in [2.05, 4.69) is 4.98 Å². The summed E-state index contributed by atoms with van der Waals surface area (Å²) in [6, 6.07) is 4.27. The molecule has 0 aliphatic heterocycles. The topological polar surface area (TPSA) is 38.0 Å². The number of aliphatic hydroxyl groups excluding tert-OH is 1. The first-order chi connectivity index (χ1) is 8.61. The predicted molar refractivity (Wildman–Crippen MR) is 68.0 cm³/mol. The molecule has 0 fully saturated rings. The van der Waals surface area contributed by atoms with Gasteiger partial charge in [-0.15, -0.1) is 0 Å². The number of aromatic nitrogens is 2. The molecular formula is C13H14ClFN2O. The molecule has 0 aliphatic rings. The largest absolute Gasteiger partial charge is 0.388 e. The van der Waals surface area contributed by atoms with Gasteiger partial charge in [0, 0.05) is 35.9 Å². The van der Waals surface area contributed by atoms with E-state index in [1.807, 2.05) is 17.7 Å². The minimum atomic E-state index is -0.921. The molecule has 0 bridgehead atoms. The van der Waals surface area contributed by atoms with Crippen molar-refractivity contribution in [1.82, 2.24) is 9.55 Å². The highest BCUT2D eigenvalue weighted by molar-refractivity contribution is 6.30. The summed E-state index contributed by atoms with van der Waals surface area (Å²) in [5.74, 6) is 0.240. The van der Waals surface area contributed by atoms with Crippen LogP contribution in [0.25, 0.3) is 0 Å². The van der Waals surface area contributed by atoms with Crippen LogP contribution in [-0.2, 0) is 13.0 Å². The fourth-order valence-electron chi connectivity index (χ4n) is 1.87. The third-order valence-electron chi connectivity index (χ3n) is 2.84. The number of hydrogen-bond donors (Lipinski definition) is 1. The highest BCUT2D eigenvalue weighted by Gasteiger charge is 2.16. The van der Waals surface area contributed by atoms with E-state index in [4.69, 9.17) is 11.6 Å². The van der Waals surface area contributed by atoms with Crippen LogP contribution in [0.1, 0.15) is 24.4 Å². The van der Waals surface area contributed by atoms with E-state index in [9.17, 15) is 9.50 Å². The van der Waals surface area contributed by atoms with Crippen molar-refractivity contribution in [2.75, 3.05) is 0 Å². The van der Waals surface area contributed by atoms with Gasteiger partial charge in [0.2, 0.25) is 0 Å². The highest BCUT2D eigenvalue weighted by atomic mass is 35.5. The van der Waals surface area contributed by atoms with Crippen molar-refractivity contribution < 1.29 is 9.50 Å². The Labute approximate surface area is 110 Å². The lowest BCUT2D eigenvalue weighted by Crippen LogP contribution is -2.09. The van der Waals surface area contributed by atoms with Gasteiger partial charge in [0.1, 0.15) is 11.6 Å². The Hall–Kier alpha value is -1.39. The number of halogens is 2. The van der Waals surface area contributed by atoms with Gasteiger partial charge in [-0.3, -0.25) is 0 Å². The molecule has 1 unspecified atom stereocenters. The van der Waals surface area contributed by atoms with Crippen LogP contribution in [0.4, 0.5) is 4.39 Å². The molecule has 0 amide bonds. The fraction of sp³-hybridized carbons (Fsp3) is 0.308. The first-order valence-corrected chi connectivity index (χ1v) is 6.12. The molecule has 0 saturated heterocycles. The molecule has 0 aliphatic carbocycles. The van der Waals surface area contributed by atoms with Crippen LogP contribution in [0.5, 0.6) is 0 Å². The molecule has 0 saturated carbocycles. The van der Waals surface area contributed by atoms with Crippen molar-refractivity contribution in [2.45, 2.75) is 26.0 Å². The molecule has 96 valence electrons. The zero-order valence-corrected chi connectivity index (χ0v) is 10.7. The van der Waals surface area contributed by atoms with E-state index in [1.54, 1.807) is 12.3 Å². The standard InChI is InChI=1S/C13H14ClFN2O/c1-2-17-6-5-16-13(17)8-12(18)10-4-3-9(14)7-11(10)15/h3-7,12,18H,2,8H2,1H3. The minimum Gasteiger partial charge on any atom is -0.388 e. The predicted octanol–water partition coefficient (Wildman–Crippen LogP) is 2.97. The number of nitrogens with zero attached hydrogens (tertiary/aromatic N) is 2. The van der Waals surface area contributed by atoms with E-state index in [-0.39, 0.29) is 12.0 Å². The molecule has 1 atom stereocenters. The van der Waals surface area contributed by atoms with Gasteiger partial charge in [0.25, 0.3) is 0 Å². The Morgan fingerprint density at radius 1 is 1.50 bits per heavy atom. The first kappa shape index (κ1) is 13.1. The Kier molecular flexibility index (Phi) is 3.99. The van der Waals surface area contributed by atoms with Crippen molar-refractivity contribution in [3.05, 3.63) is 52.8 Å². The van der Waals surface area contributed by atoms with Crippen molar-refractivity contribution >= 4 is 11.6 Å². The molecule has 3 nitrogen and oxygen atoms in total. The molecule has 1 heterocycles. The van der Waals surface area contributed by atoms with Crippen LogP contribution in [0.2, 0.25) is 5.02 Å². The van der Waals surface area contributed by atoms with E-state index in [0.717, 1.165) is 12.4 Å². The summed E-state index contributed by atoms with van der Waals surface area (Å²) in [7, 11) is 0. The molecule has 2 aromatic rings. The van der Waals surface area contributed by atoms with E-state index in [1.165, 1.54) is 12.1 Å². The summed E-state index contributed by atoms with van der Waals surface area (Å²) in [5.41, 5.74) is 0.241. The lowest BCUT2D eigenvalue weighted by molar-refractivity contribution is 0.170. The van der Waals surface area contributed by atoms with Gasteiger partial charge < -0.3 is 9.67 Å². The third-order valence-corrected chi connectivity index (χ3v) is 3.07. The monoisotopic (exact) mass is 268 g/mol. The maximum Gasteiger partial charge on any atom is 0.130 e. The van der Waals surface area contributed by atoms with E-state index in [0.29, 0.717) is 5.02 Å². The van der Waals surface area contributed by atoms with Crippen LogP contribution in [0, 0.1) is 5.82 Å². The summed E-state index contributed by atoms with van der Waals surface area (Å²) >= 11 is 5.67. The molecule has 5 heteroatoms. The van der Waals surface area contributed by atoms with Gasteiger partial charge in [-0.1, -0.05) is 17.7 Å². The molecular weight excluding hydrogens is 255 g/mol. The van der Waals surface area contributed by atoms with Gasteiger partial charge in [-0.25, -0.2) is 9.37 Å². The molecule has 0 radical (unpaired) electrons. The number of hydrogen-bond acceptors (Lipinski definition) is 2. The summed E-state index contributed by atoms with van der Waals surface area (Å²) in [6.45, 7) is 2.76. The summed E-state index contributed by atoms with van der Waals surface area (Å²) in [5, 5.41) is 10.4. The average Bonchev–Trinajstić information content (AvgIpc) is 2.76. The lowest BCUT2D eigenvalue weighted by atomic mass is 10.1. The lowest BCUT2D eigenvalue weighted by Gasteiger charge is -2.12. The Morgan fingerprint density at radius 2 is 2.28 bits per heavy atom. The fourth-order valence-corrected chi connectivity index (χ4v) is 2.03. The van der Waals surface area contributed by atoms with Crippen LogP contribution in [-0.4, -0.2) is 14.7 Å². The summed E-state index contributed by atoms with van der Waals surface area (Å²) in [4.78, 5) is 4.15. The van der Waals surface area contributed by atoms with Crippen LogP contribution in [0.3, 0.4) is 0 Å². The highest BCUT2D eigenvalue weighted by Crippen LogP contribution is 2.23. The van der Waals surface area contributed by atoms with Crippen molar-refractivity contribution in [3.63, 3.8) is 0 Å². The van der Waals surface area contributed by atoms with Gasteiger partial charge >= 0.3 is 0 Å². The smallest absolute Gasteiger partial charge is 0.130 e. The van der Waals surface area contributed by atoms with Gasteiger partial charge in [0.15, 0.2) is 0 Å². The second-order valence-corrected chi connectivity index (χ2v) is 4.45. The number of rotatable bonds is 4. The number of imidazole rings is 1. The molecule has 1 N–H and O–H groups in total. The Morgan fingerprint density at radius 3 is 2.94 bits per heavy atom. The number of benzene rings is 1. The average molecular weight is 269 g/mol. The SMILES string of the molecule is CCn1ccnc1CC(O)c1ccc(Cl)cc1F. The van der Waals surface area contributed by atoms with Gasteiger partial charge in [-0.2, -0.15) is 0 Å². The number of aliphatic hydroxyl groups is 1. The second kappa shape index (κ2) is 5.50. The molecule has 2 rings (SSSR count). The third kappa shape index (κ3) is 2.71. The van der Waals surface area contributed by atoms with Crippen LogP contribution < -0.4 is 0 Å². The quantitative estimate of drug-likeness (QED) is 0.926. The van der Waals surface area contributed by atoms with Gasteiger partial charge in [-0.05, 0) is 19.1 Å². The van der Waals surface area contributed by atoms with E-state index >= 15 is 0 Å². The van der Waals surface area contributed by atoms with Crippen molar-refractivity contribution in [1.29, 1.82) is 0 Å². The van der Waals surface area contributed by atoms with Crippen LogP contribution >= 0.6 is 11.6 Å². The first-order valence-electron chi connectivity index (χ1n) is 5.74. The summed E-state index contributed by atoms with van der Waals surface area (Å²) in [6.07, 6.45) is 2.86. The van der Waals surface area contributed by atoms with Gasteiger partial charge in [0.05, 0.1) is 6.10 Å². The zero-order chi connectivity index (χ0) is 13.1. The van der Waals surface area contributed by atoms with Crippen molar-refractivity contribution in [2.24, 2.45) is 0 Å². The second-order valence-electron chi connectivity index (χ2n) is 4.02. The zero-order valence-electron chi connectivity index (χ0n) is 9.98. The molecule has 18 heavy (non-hydrogen) atoms.